The number of aliphatic hydroxyl groups is 1. The van der Waals surface area contributed by atoms with Gasteiger partial charge in [0.05, 0.1) is 23.7 Å². The molecule has 4 fully saturated rings. The number of rotatable bonds is 2. The molecule has 1 aromatic rings. The molecule has 2 N–H and O–H groups in total. The molecule has 4 aliphatic carbocycles. The van der Waals surface area contributed by atoms with Crippen LogP contribution in [-0.2, 0) is 4.79 Å². The number of hydrogen-bond acceptors (Lipinski definition) is 3. The van der Waals surface area contributed by atoms with Crippen LogP contribution in [0.2, 0.25) is 0 Å². The number of fused-ring (bicyclic) bond motifs is 1. The highest BCUT2D eigenvalue weighted by Gasteiger charge is 2.60. The van der Waals surface area contributed by atoms with Gasteiger partial charge in [0.25, 0.3) is 0 Å². The lowest BCUT2D eigenvalue weighted by molar-refractivity contribution is -0.178. The summed E-state index contributed by atoms with van der Waals surface area (Å²) in [6, 6.07) is 8.02. The first kappa shape index (κ1) is 14.8. The number of benzene rings is 1. The topological polar surface area (TPSA) is 58.6 Å². The van der Waals surface area contributed by atoms with Crippen LogP contribution >= 0.6 is 0 Å². The Morgan fingerprint density at radius 3 is 2.67 bits per heavy atom. The van der Waals surface area contributed by atoms with Gasteiger partial charge in [0.15, 0.2) is 0 Å². The fraction of sp³-hybridized carbons (Fsp3) is 0.650. The lowest BCUT2D eigenvalue weighted by atomic mass is 9.47. The van der Waals surface area contributed by atoms with E-state index < -0.39 is 5.60 Å². The van der Waals surface area contributed by atoms with Crippen molar-refractivity contribution in [2.75, 3.05) is 6.61 Å². The third-order valence-electron chi connectivity index (χ3n) is 6.78. The highest BCUT2D eigenvalue weighted by molar-refractivity contribution is 5.84. The van der Waals surface area contributed by atoms with Crippen LogP contribution in [-0.4, -0.2) is 23.2 Å². The number of hydrogen-bond donors (Lipinski definition) is 2. The van der Waals surface area contributed by atoms with Crippen molar-refractivity contribution in [3.05, 3.63) is 29.8 Å². The van der Waals surface area contributed by atoms with E-state index in [1.165, 1.54) is 6.42 Å². The van der Waals surface area contributed by atoms with E-state index in [2.05, 4.69) is 5.32 Å². The van der Waals surface area contributed by atoms with Crippen molar-refractivity contribution in [3.8, 4) is 5.75 Å². The maximum absolute atomic E-state index is 13.3. The van der Waals surface area contributed by atoms with Crippen LogP contribution < -0.4 is 10.1 Å². The zero-order chi connectivity index (χ0) is 16.4. The molecule has 1 aromatic carbocycles. The molecule has 0 unspecified atom stereocenters. The van der Waals surface area contributed by atoms with Crippen molar-refractivity contribution >= 4 is 5.91 Å². The van der Waals surface area contributed by atoms with E-state index in [1.807, 2.05) is 24.3 Å². The number of carbonyl (C=O) groups is 1. The lowest BCUT2D eigenvalue weighted by Crippen LogP contribution is -2.60. The van der Waals surface area contributed by atoms with Gasteiger partial charge in [-0.05, 0) is 56.4 Å². The number of carbonyl (C=O) groups excluding carboxylic acids is 1. The Morgan fingerprint density at radius 2 is 1.92 bits per heavy atom. The fourth-order valence-corrected chi connectivity index (χ4v) is 6.28. The summed E-state index contributed by atoms with van der Waals surface area (Å²) >= 11 is 0. The summed E-state index contributed by atoms with van der Waals surface area (Å²) in [4.78, 5) is 13.3. The minimum absolute atomic E-state index is 0.0325. The van der Waals surface area contributed by atoms with E-state index in [0.29, 0.717) is 24.9 Å². The number of nitrogens with one attached hydrogen (secondary N) is 1. The first-order valence-electron chi connectivity index (χ1n) is 9.30. The molecule has 5 aliphatic rings. The fourth-order valence-electron chi connectivity index (χ4n) is 6.28. The van der Waals surface area contributed by atoms with Gasteiger partial charge >= 0.3 is 0 Å². The molecule has 4 nitrogen and oxygen atoms in total. The molecule has 1 aliphatic heterocycles. The summed E-state index contributed by atoms with van der Waals surface area (Å²) < 4.78 is 5.71. The smallest absolute Gasteiger partial charge is 0.226 e. The van der Waals surface area contributed by atoms with Gasteiger partial charge in [-0.1, -0.05) is 18.2 Å². The maximum atomic E-state index is 13.3. The Labute approximate surface area is 142 Å². The van der Waals surface area contributed by atoms with Crippen LogP contribution in [0.3, 0.4) is 0 Å². The van der Waals surface area contributed by atoms with Crippen LogP contribution in [0.1, 0.15) is 56.6 Å². The van der Waals surface area contributed by atoms with E-state index >= 15 is 0 Å². The van der Waals surface area contributed by atoms with Crippen molar-refractivity contribution in [2.24, 2.45) is 17.3 Å². The van der Waals surface area contributed by atoms with Gasteiger partial charge in [0.1, 0.15) is 5.75 Å². The molecule has 0 aromatic heterocycles. The quantitative estimate of drug-likeness (QED) is 0.878. The van der Waals surface area contributed by atoms with Gasteiger partial charge in [-0.25, -0.2) is 0 Å². The molecule has 1 heterocycles. The third kappa shape index (κ3) is 2.19. The number of para-hydroxylation sites is 1. The second-order valence-electron chi connectivity index (χ2n) is 8.67. The molecule has 0 spiro atoms. The van der Waals surface area contributed by atoms with E-state index in [9.17, 15) is 9.90 Å². The summed E-state index contributed by atoms with van der Waals surface area (Å²) in [6.45, 7) is 0.643. The number of amides is 1. The van der Waals surface area contributed by atoms with Crippen molar-refractivity contribution in [1.82, 2.24) is 5.32 Å². The molecule has 128 valence electrons. The zero-order valence-electron chi connectivity index (χ0n) is 14.0. The first-order chi connectivity index (χ1) is 11.6. The van der Waals surface area contributed by atoms with Gasteiger partial charge < -0.3 is 15.2 Å². The average molecular weight is 327 g/mol. The largest absolute Gasteiger partial charge is 0.493 e. The molecule has 1 amide bonds. The third-order valence-corrected chi connectivity index (χ3v) is 6.78. The molecule has 3 atom stereocenters. The van der Waals surface area contributed by atoms with E-state index in [4.69, 9.17) is 4.74 Å². The highest BCUT2D eigenvalue weighted by atomic mass is 16.5. The van der Waals surface area contributed by atoms with Gasteiger partial charge in [-0.3, -0.25) is 4.79 Å². The van der Waals surface area contributed by atoms with Crippen molar-refractivity contribution in [3.63, 3.8) is 0 Å². The monoisotopic (exact) mass is 327 g/mol. The standard InChI is InChI=1S/C20H25NO3/c22-18(21-16-5-6-24-17-4-2-1-3-15(16)17)19-8-13-7-14(9-19)11-20(23,10-13)12-19/h1-4,13-14,16,23H,5-12H2,(H,21,22)/t13-,14-,16-,19?,20?/m1/s1. The molecule has 6 rings (SSSR count). The summed E-state index contributed by atoms with van der Waals surface area (Å²) in [7, 11) is 0. The first-order valence-corrected chi connectivity index (χ1v) is 9.30. The molecule has 24 heavy (non-hydrogen) atoms. The van der Waals surface area contributed by atoms with Crippen LogP contribution in [0.25, 0.3) is 0 Å². The number of ether oxygens (including phenoxy) is 1. The molecule has 0 saturated heterocycles. The Bertz CT molecular complexity index is 671. The van der Waals surface area contributed by atoms with E-state index in [0.717, 1.165) is 43.4 Å². The van der Waals surface area contributed by atoms with Crippen LogP contribution in [0.5, 0.6) is 5.75 Å². The predicted molar refractivity (Wildman–Crippen MR) is 89.5 cm³/mol. The SMILES string of the molecule is O=C(N[C@@H]1CCOc2ccccc21)C12C[C@H]3C[C@@H](CC(O)(C3)C1)C2. The zero-order valence-corrected chi connectivity index (χ0v) is 14.0. The van der Waals surface area contributed by atoms with Crippen molar-refractivity contribution in [1.29, 1.82) is 0 Å². The summed E-state index contributed by atoms with van der Waals surface area (Å²) in [5.41, 5.74) is 0.154. The summed E-state index contributed by atoms with van der Waals surface area (Å²) in [5, 5.41) is 14.2. The normalized spacial score (nSPS) is 42.3. The Balaban J connectivity index is 1.40. The second kappa shape index (κ2) is 4.98. The van der Waals surface area contributed by atoms with E-state index in [-0.39, 0.29) is 17.4 Å². The van der Waals surface area contributed by atoms with Gasteiger partial charge in [0.2, 0.25) is 5.91 Å². The van der Waals surface area contributed by atoms with Gasteiger partial charge in [-0.15, -0.1) is 0 Å². The van der Waals surface area contributed by atoms with Crippen LogP contribution in [0.15, 0.2) is 24.3 Å². The molecular weight excluding hydrogens is 302 g/mol. The summed E-state index contributed by atoms with van der Waals surface area (Å²) in [6.07, 6.45) is 6.40. The Morgan fingerprint density at radius 1 is 1.17 bits per heavy atom. The predicted octanol–water partition coefficient (Wildman–Crippen LogP) is 2.96. The average Bonchev–Trinajstić information content (AvgIpc) is 2.53. The maximum Gasteiger partial charge on any atom is 0.226 e. The van der Waals surface area contributed by atoms with Crippen LogP contribution in [0.4, 0.5) is 0 Å². The Kier molecular flexibility index (Phi) is 3.06. The lowest BCUT2D eigenvalue weighted by Gasteiger charge is -2.59. The van der Waals surface area contributed by atoms with Crippen molar-refractivity contribution in [2.45, 2.75) is 56.6 Å². The van der Waals surface area contributed by atoms with E-state index in [1.54, 1.807) is 0 Å². The van der Waals surface area contributed by atoms with Gasteiger partial charge in [-0.2, -0.15) is 0 Å². The molecule has 4 bridgehead atoms. The molecule has 0 radical (unpaired) electrons. The van der Waals surface area contributed by atoms with Crippen molar-refractivity contribution < 1.29 is 14.6 Å². The second-order valence-corrected chi connectivity index (χ2v) is 8.67. The Hall–Kier alpha value is -1.55. The molecule has 4 saturated carbocycles. The molecule has 4 heteroatoms. The molecular formula is C20H25NO3. The highest BCUT2D eigenvalue weighted by Crippen LogP contribution is 2.61. The summed E-state index contributed by atoms with van der Waals surface area (Å²) in [5.74, 6) is 2.11. The van der Waals surface area contributed by atoms with Crippen LogP contribution in [0, 0.1) is 17.3 Å². The minimum Gasteiger partial charge on any atom is -0.493 e. The van der Waals surface area contributed by atoms with Gasteiger partial charge in [0, 0.05) is 12.0 Å². The minimum atomic E-state index is -0.588.